The number of carbonyl (C=O) groups excluding carboxylic acids is 1. The molecule has 2 heterocycles. The second-order valence-electron chi connectivity index (χ2n) is 5.99. The van der Waals surface area contributed by atoms with E-state index in [0.29, 0.717) is 16.6 Å². The summed E-state index contributed by atoms with van der Waals surface area (Å²) in [6, 6.07) is 9.46. The first-order valence-electron chi connectivity index (χ1n) is 8.64. The molecule has 3 aromatic rings. The summed E-state index contributed by atoms with van der Waals surface area (Å²) < 4.78 is 7.10. The summed E-state index contributed by atoms with van der Waals surface area (Å²) in [7, 11) is 3.52. The molecule has 1 amide bonds. The molecular weight excluding hydrogens is 380 g/mol. The number of rotatable bonds is 8. The van der Waals surface area contributed by atoms with Gasteiger partial charge in [0, 0.05) is 34.6 Å². The summed E-state index contributed by atoms with van der Waals surface area (Å²) >= 11 is 3.11. The van der Waals surface area contributed by atoms with Crippen LogP contribution in [-0.4, -0.2) is 33.5 Å². The Morgan fingerprint density at radius 3 is 2.96 bits per heavy atom. The van der Waals surface area contributed by atoms with Gasteiger partial charge in [-0.2, -0.15) is 0 Å². The zero-order valence-corrected chi connectivity index (χ0v) is 17.2. The Kier molecular flexibility index (Phi) is 6.52. The zero-order valence-electron chi connectivity index (χ0n) is 15.6. The number of nitrogens with one attached hydrogen (secondary N) is 1. The van der Waals surface area contributed by atoms with Crippen LogP contribution in [0.3, 0.4) is 0 Å². The predicted molar refractivity (Wildman–Crippen MR) is 111 cm³/mol. The Morgan fingerprint density at radius 1 is 1.33 bits per heavy atom. The first kappa shape index (κ1) is 19.4. The number of hydrogen-bond donors (Lipinski definition) is 1. The molecule has 142 valence electrons. The number of nitrogens with zero attached hydrogens (tertiary/aromatic N) is 3. The third-order valence-electron chi connectivity index (χ3n) is 3.93. The molecule has 1 N–H and O–H groups in total. The van der Waals surface area contributed by atoms with E-state index in [1.54, 1.807) is 24.5 Å². The molecule has 0 aliphatic rings. The molecule has 0 radical (unpaired) electrons. The SMILES string of the molecule is CCCc1cc(-c2nnc(SCC(=O)Nc3cccc(OC)c3)n2C)cs1. The molecule has 3 rings (SSSR count). The van der Waals surface area contributed by atoms with Gasteiger partial charge in [0.15, 0.2) is 11.0 Å². The van der Waals surface area contributed by atoms with Crippen LogP contribution in [0.5, 0.6) is 5.75 Å². The van der Waals surface area contributed by atoms with Crippen LogP contribution in [0.2, 0.25) is 0 Å². The van der Waals surface area contributed by atoms with Gasteiger partial charge in [-0.05, 0) is 24.6 Å². The van der Waals surface area contributed by atoms with Crippen molar-refractivity contribution in [1.82, 2.24) is 14.8 Å². The minimum Gasteiger partial charge on any atom is -0.497 e. The Labute approximate surface area is 167 Å². The number of anilines is 1. The van der Waals surface area contributed by atoms with E-state index in [0.717, 1.165) is 24.2 Å². The lowest BCUT2D eigenvalue weighted by Gasteiger charge is -2.07. The summed E-state index contributed by atoms with van der Waals surface area (Å²) in [5, 5.41) is 14.2. The number of aryl methyl sites for hydroxylation is 1. The third kappa shape index (κ3) is 4.90. The Morgan fingerprint density at radius 2 is 2.19 bits per heavy atom. The molecule has 1 aromatic carbocycles. The van der Waals surface area contributed by atoms with E-state index in [1.807, 2.05) is 29.8 Å². The van der Waals surface area contributed by atoms with Crippen molar-refractivity contribution in [2.45, 2.75) is 24.9 Å². The molecule has 0 saturated carbocycles. The highest BCUT2D eigenvalue weighted by Gasteiger charge is 2.14. The Bertz CT molecular complexity index is 920. The van der Waals surface area contributed by atoms with E-state index in [9.17, 15) is 4.79 Å². The van der Waals surface area contributed by atoms with E-state index in [2.05, 4.69) is 33.9 Å². The van der Waals surface area contributed by atoms with Crippen molar-refractivity contribution >= 4 is 34.7 Å². The first-order chi connectivity index (χ1) is 13.1. The molecule has 0 aliphatic heterocycles. The summed E-state index contributed by atoms with van der Waals surface area (Å²) in [5.41, 5.74) is 1.78. The number of hydrogen-bond acceptors (Lipinski definition) is 6. The third-order valence-corrected chi connectivity index (χ3v) is 5.95. The number of thioether (sulfide) groups is 1. The van der Waals surface area contributed by atoms with Gasteiger partial charge in [0.2, 0.25) is 5.91 Å². The number of benzene rings is 1. The average molecular weight is 403 g/mol. The lowest BCUT2D eigenvalue weighted by molar-refractivity contribution is -0.113. The fourth-order valence-electron chi connectivity index (χ4n) is 2.60. The molecule has 0 fully saturated rings. The molecule has 2 aromatic heterocycles. The fourth-order valence-corrected chi connectivity index (χ4v) is 4.28. The van der Waals surface area contributed by atoms with Gasteiger partial charge in [0.05, 0.1) is 12.9 Å². The van der Waals surface area contributed by atoms with Crippen molar-refractivity contribution < 1.29 is 9.53 Å². The molecule has 0 unspecified atom stereocenters. The Balaban J connectivity index is 1.61. The van der Waals surface area contributed by atoms with E-state index in [1.165, 1.54) is 16.6 Å². The summed E-state index contributed by atoms with van der Waals surface area (Å²) in [5.74, 6) is 1.69. The molecule has 27 heavy (non-hydrogen) atoms. The quantitative estimate of drug-likeness (QED) is 0.571. The van der Waals surface area contributed by atoms with Gasteiger partial charge in [-0.15, -0.1) is 21.5 Å². The minimum absolute atomic E-state index is 0.0985. The normalized spacial score (nSPS) is 10.8. The zero-order chi connectivity index (χ0) is 19.2. The van der Waals surface area contributed by atoms with E-state index >= 15 is 0 Å². The summed E-state index contributed by atoms with van der Waals surface area (Å²) in [4.78, 5) is 13.6. The maximum absolute atomic E-state index is 12.2. The molecular formula is C19H22N4O2S2. The smallest absolute Gasteiger partial charge is 0.234 e. The number of amides is 1. The van der Waals surface area contributed by atoms with E-state index in [4.69, 9.17) is 4.74 Å². The van der Waals surface area contributed by atoms with E-state index in [-0.39, 0.29) is 11.7 Å². The number of ether oxygens (including phenoxy) is 1. The highest BCUT2D eigenvalue weighted by molar-refractivity contribution is 7.99. The standard InChI is InChI=1S/C19H22N4O2S2/c1-4-6-16-9-13(11-26-16)18-21-22-19(23(18)2)27-12-17(24)20-14-7-5-8-15(10-14)25-3/h5,7-11H,4,6,12H2,1-3H3,(H,20,24). The number of aromatic nitrogens is 3. The van der Waals surface area contributed by atoms with Crippen molar-refractivity contribution in [3.05, 3.63) is 40.6 Å². The molecule has 0 bridgehead atoms. The Hall–Kier alpha value is -2.32. The summed E-state index contributed by atoms with van der Waals surface area (Å²) in [6.07, 6.45) is 2.21. The van der Waals surface area contributed by atoms with Crippen LogP contribution >= 0.6 is 23.1 Å². The second kappa shape index (κ2) is 9.05. The number of thiophene rings is 1. The van der Waals surface area contributed by atoms with Gasteiger partial charge in [-0.1, -0.05) is 31.2 Å². The van der Waals surface area contributed by atoms with Crippen LogP contribution in [0.15, 0.2) is 40.9 Å². The van der Waals surface area contributed by atoms with Crippen molar-refractivity contribution in [3.8, 4) is 17.1 Å². The number of carbonyl (C=O) groups is 1. The maximum atomic E-state index is 12.2. The predicted octanol–water partition coefficient (Wildman–Crippen LogP) is 4.24. The lowest BCUT2D eigenvalue weighted by Crippen LogP contribution is -2.14. The molecule has 0 spiro atoms. The van der Waals surface area contributed by atoms with E-state index < -0.39 is 0 Å². The van der Waals surface area contributed by atoms with Crippen molar-refractivity contribution in [2.75, 3.05) is 18.2 Å². The number of methoxy groups -OCH3 is 1. The highest BCUT2D eigenvalue weighted by Crippen LogP contribution is 2.27. The van der Waals surface area contributed by atoms with Crippen LogP contribution in [-0.2, 0) is 18.3 Å². The minimum atomic E-state index is -0.0985. The molecule has 6 nitrogen and oxygen atoms in total. The van der Waals surface area contributed by atoms with Crippen molar-refractivity contribution in [3.63, 3.8) is 0 Å². The average Bonchev–Trinajstić information content (AvgIpc) is 3.27. The monoisotopic (exact) mass is 402 g/mol. The maximum Gasteiger partial charge on any atom is 0.234 e. The lowest BCUT2D eigenvalue weighted by atomic mass is 10.2. The van der Waals surface area contributed by atoms with Crippen LogP contribution in [0.4, 0.5) is 5.69 Å². The van der Waals surface area contributed by atoms with Crippen LogP contribution in [0.25, 0.3) is 11.4 Å². The molecule has 0 aliphatic carbocycles. The molecule has 8 heteroatoms. The topological polar surface area (TPSA) is 69.0 Å². The van der Waals surface area contributed by atoms with Gasteiger partial charge in [-0.3, -0.25) is 4.79 Å². The fraction of sp³-hybridized carbons (Fsp3) is 0.316. The van der Waals surface area contributed by atoms with Gasteiger partial charge in [0.25, 0.3) is 0 Å². The molecule has 0 atom stereocenters. The largest absolute Gasteiger partial charge is 0.497 e. The van der Waals surface area contributed by atoms with Crippen LogP contribution in [0, 0.1) is 0 Å². The summed E-state index contributed by atoms with van der Waals surface area (Å²) in [6.45, 7) is 2.17. The second-order valence-corrected chi connectivity index (χ2v) is 7.92. The van der Waals surface area contributed by atoms with Crippen LogP contribution in [0.1, 0.15) is 18.2 Å². The van der Waals surface area contributed by atoms with Gasteiger partial charge in [-0.25, -0.2) is 0 Å². The highest BCUT2D eigenvalue weighted by atomic mass is 32.2. The van der Waals surface area contributed by atoms with Crippen molar-refractivity contribution in [2.24, 2.45) is 7.05 Å². The first-order valence-corrected chi connectivity index (χ1v) is 10.5. The van der Waals surface area contributed by atoms with Crippen molar-refractivity contribution in [1.29, 1.82) is 0 Å². The van der Waals surface area contributed by atoms with Gasteiger partial charge < -0.3 is 14.6 Å². The molecule has 0 saturated heterocycles. The van der Waals surface area contributed by atoms with Gasteiger partial charge >= 0.3 is 0 Å². The van der Waals surface area contributed by atoms with Crippen LogP contribution < -0.4 is 10.1 Å². The van der Waals surface area contributed by atoms with Gasteiger partial charge in [0.1, 0.15) is 5.75 Å².